The molecule has 3 aromatic rings. The van der Waals surface area contributed by atoms with Crippen LogP contribution < -0.4 is 5.32 Å². The maximum absolute atomic E-state index is 3.70. The summed E-state index contributed by atoms with van der Waals surface area (Å²) in [7, 11) is 0. The monoisotopic (exact) mass is 281 g/mol. The van der Waals surface area contributed by atoms with Crippen LogP contribution in [-0.4, -0.2) is 0 Å². The van der Waals surface area contributed by atoms with Gasteiger partial charge in [0.15, 0.2) is 0 Å². The molecule has 1 nitrogen and oxygen atoms in total. The lowest BCUT2D eigenvalue weighted by molar-refractivity contribution is 0.502. The molecule has 0 saturated heterocycles. The van der Waals surface area contributed by atoms with E-state index in [1.807, 2.05) is 11.3 Å². The Morgan fingerprint density at radius 1 is 0.850 bits per heavy atom. The minimum absolute atomic E-state index is 0.332. The molecule has 1 aromatic heterocycles. The van der Waals surface area contributed by atoms with Crippen LogP contribution in [0.15, 0.2) is 60.0 Å². The maximum Gasteiger partial charge on any atom is 0.0391 e. The first-order valence-corrected chi connectivity index (χ1v) is 7.91. The first-order valence-electron chi connectivity index (χ1n) is 7.03. The molecule has 3 rings (SSSR count). The molecule has 0 fully saturated rings. The lowest BCUT2D eigenvalue weighted by atomic mass is 9.99. The quantitative estimate of drug-likeness (QED) is 0.683. The molecule has 0 saturated carbocycles. The normalized spacial score (nSPS) is 14.3. The highest BCUT2D eigenvalue weighted by atomic mass is 32.1. The minimum atomic E-state index is 0.332. The van der Waals surface area contributed by atoms with E-state index in [1.54, 1.807) is 0 Å². The van der Waals surface area contributed by atoms with Gasteiger partial charge in [-0.3, -0.25) is 0 Å². The molecule has 0 amide bonds. The van der Waals surface area contributed by atoms with Gasteiger partial charge >= 0.3 is 0 Å². The first kappa shape index (κ1) is 13.3. The van der Waals surface area contributed by atoms with Crippen LogP contribution >= 0.6 is 11.3 Å². The van der Waals surface area contributed by atoms with Gasteiger partial charge in [-0.05, 0) is 41.6 Å². The van der Waals surface area contributed by atoms with Gasteiger partial charge in [-0.1, -0.05) is 48.5 Å². The zero-order valence-corrected chi connectivity index (χ0v) is 12.7. The molecule has 20 heavy (non-hydrogen) atoms. The molecule has 1 unspecified atom stereocenters. The summed E-state index contributed by atoms with van der Waals surface area (Å²) < 4.78 is 0. The smallest absolute Gasteiger partial charge is 0.0391 e. The highest BCUT2D eigenvalue weighted by Crippen LogP contribution is 2.27. The summed E-state index contributed by atoms with van der Waals surface area (Å²) in [5.74, 6) is 0. The second-order valence-electron chi connectivity index (χ2n) is 5.19. The number of hydrogen-bond acceptors (Lipinski definition) is 2. The Kier molecular flexibility index (Phi) is 3.86. The fourth-order valence-corrected chi connectivity index (χ4v) is 3.46. The largest absolute Gasteiger partial charge is 0.303 e. The molecule has 0 aliphatic rings. The summed E-state index contributed by atoms with van der Waals surface area (Å²) in [6, 6.07) is 20.1. The number of thiophene rings is 1. The fourth-order valence-electron chi connectivity index (χ4n) is 2.71. The van der Waals surface area contributed by atoms with E-state index in [9.17, 15) is 0 Å². The molecule has 0 bridgehead atoms. The average molecular weight is 281 g/mol. The summed E-state index contributed by atoms with van der Waals surface area (Å²) in [6.07, 6.45) is 0. The van der Waals surface area contributed by atoms with Crippen LogP contribution in [0.4, 0.5) is 0 Å². The van der Waals surface area contributed by atoms with Gasteiger partial charge in [0.05, 0.1) is 0 Å². The number of rotatable bonds is 4. The van der Waals surface area contributed by atoms with Crippen LogP contribution in [0, 0.1) is 0 Å². The van der Waals surface area contributed by atoms with Crippen molar-refractivity contribution in [2.45, 2.75) is 25.9 Å². The third kappa shape index (κ3) is 2.62. The maximum atomic E-state index is 3.70. The van der Waals surface area contributed by atoms with E-state index >= 15 is 0 Å². The third-order valence-electron chi connectivity index (χ3n) is 3.76. The van der Waals surface area contributed by atoms with E-state index in [0.717, 1.165) is 0 Å². The zero-order chi connectivity index (χ0) is 13.9. The predicted octanol–water partition coefficient (Wildman–Crippen LogP) is 5.31. The van der Waals surface area contributed by atoms with Crippen molar-refractivity contribution in [1.29, 1.82) is 0 Å². The Labute approximate surface area is 124 Å². The Balaban J connectivity index is 1.87. The highest BCUT2D eigenvalue weighted by molar-refractivity contribution is 7.10. The molecule has 1 N–H and O–H groups in total. The van der Waals surface area contributed by atoms with E-state index in [-0.39, 0.29) is 0 Å². The van der Waals surface area contributed by atoms with Crippen molar-refractivity contribution < 1.29 is 0 Å². The van der Waals surface area contributed by atoms with Crippen molar-refractivity contribution in [3.8, 4) is 0 Å². The van der Waals surface area contributed by atoms with Crippen LogP contribution in [0.3, 0.4) is 0 Å². The van der Waals surface area contributed by atoms with Crippen LogP contribution in [0.25, 0.3) is 10.8 Å². The van der Waals surface area contributed by atoms with E-state index in [0.29, 0.717) is 12.1 Å². The lowest BCUT2D eigenvalue weighted by Gasteiger charge is -2.21. The summed E-state index contributed by atoms with van der Waals surface area (Å²) in [5, 5.41) is 8.48. The fraction of sp³-hybridized carbons (Fsp3) is 0.222. The SMILES string of the molecule is CC(N[C@@H](C)c1cccs1)c1cccc2ccccc12. The van der Waals surface area contributed by atoms with E-state index in [4.69, 9.17) is 0 Å². The second kappa shape index (κ2) is 5.78. The molecule has 0 aliphatic carbocycles. The van der Waals surface area contributed by atoms with Crippen LogP contribution in [0.1, 0.15) is 36.4 Å². The van der Waals surface area contributed by atoms with Crippen molar-refractivity contribution in [1.82, 2.24) is 5.32 Å². The van der Waals surface area contributed by atoms with Gasteiger partial charge in [-0.25, -0.2) is 0 Å². The molecule has 1 heterocycles. The van der Waals surface area contributed by atoms with Crippen molar-refractivity contribution in [2.24, 2.45) is 0 Å². The highest BCUT2D eigenvalue weighted by Gasteiger charge is 2.13. The van der Waals surface area contributed by atoms with Gasteiger partial charge in [0.1, 0.15) is 0 Å². The van der Waals surface area contributed by atoms with Gasteiger partial charge < -0.3 is 5.32 Å². The molecule has 102 valence electrons. The number of nitrogens with one attached hydrogen (secondary N) is 1. The summed E-state index contributed by atoms with van der Waals surface area (Å²) in [6.45, 7) is 4.47. The Hall–Kier alpha value is -1.64. The zero-order valence-electron chi connectivity index (χ0n) is 11.8. The topological polar surface area (TPSA) is 12.0 Å². The first-order chi connectivity index (χ1) is 9.75. The molecule has 2 heteroatoms. The van der Waals surface area contributed by atoms with Gasteiger partial charge in [0.2, 0.25) is 0 Å². The Morgan fingerprint density at radius 2 is 1.65 bits per heavy atom. The van der Waals surface area contributed by atoms with Gasteiger partial charge in [-0.2, -0.15) is 0 Å². The van der Waals surface area contributed by atoms with Crippen LogP contribution in [0.5, 0.6) is 0 Å². The standard InChI is InChI=1S/C18H19NS/c1-13(19-14(2)18-11-6-12-20-18)16-10-5-8-15-7-3-4-9-17(15)16/h3-14,19H,1-2H3/t13?,14-/m0/s1. The minimum Gasteiger partial charge on any atom is -0.303 e. The molecular formula is C18H19NS. The number of benzene rings is 2. The second-order valence-corrected chi connectivity index (χ2v) is 6.17. The molecule has 0 aliphatic heterocycles. The number of hydrogen-bond donors (Lipinski definition) is 1. The van der Waals surface area contributed by atoms with Gasteiger partial charge in [-0.15, -0.1) is 11.3 Å². The van der Waals surface area contributed by atoms with E-state index in [1.165, 1.54) is 21.2 Å². The van der Waals surface area contributed by atoms with Gasteiger partial charge in [0.25, 0.3) is 0 Å². The van der Waals surface area contributed by atoms with Crippen molar-refractivity contribution >= 4 is 22.1 Å². The Morgan fingerprint density at radius 3 is 2.45 bits per heavy atom. The number of fused-ring (bicyclic) bond motifs is 1. The van der Waals surface area contributed by atoms with E-state index < -0.39 is 0 Å². The predicted molar refractivity (Wildman–Crippen MR) is 88.2 cm³/mol. The summed E-state index contributed by atoms with van der Waals surface area (Å²) in [5.41, 5.74) is 1.37. The van der Waals surface area contributed by atoms with Crippen LogP contribution in [-0.2, 0) is 0 Å². The van der Waals surface area contributed by atoms with Crippen molar-refractivity contribution in [3.63, 3.8) is 0 Å². The average Bonchev–Trinajstić information content (AvgIpc) is 3.01. The molecule has 0 radical (unpaired) electrons. The van der Waals surface area contributed by atoms with Gasteiger partial charge in [0, 0.05) is 17.0 Å². The third-order valence-corrected chi connectivity index (χ3v) is 4.81. The van der Waals surface area contributed by atoms with E-state index in [2.05, 4.69) is 79.1 Å². The summed E-state index contributed by atoms with van der Waals surface area (Å²) in [4.78, 5) is 1.39. The van der Waals surface area contributed by atoms with Crippen molar-refractivity contribution in [2.75, 3.05) is 0 Å². The van der Waals surface area contributed by atoms with Crippen LogP contribution in [0.2, 0.25) is 0 Å². The molecule has 0 spiro atoms. The summed E-state index contributed by atoms with van der Waals surface area (Å²) >= 11 is 1.81. The lowest BCUT2D eigenvalue weighted by Crippen LogP contribution is -2.21. The van der Waals surface area contributed by atoms with Crippen molar-refractivity contribution in [3.05, 3.63) is 70.4 Å². The Bertz CT molecular complexity index is 682. The molecule has 2 aromatic carbocycles. The molecule has 2 atom stereocenters. The molecular weight excluding hydrogens is 262 g/mol.